The highest BCUT2D eigenvalue weighted by Crippen LogP contribution is 2.14. The van der Waals surface area contributed by atoms with Gasteiger partial charge in [0, 0.05) is 31.6 Å². The van der Waals surface area contributed by atoms with Crippen LogP contribution in [0.15, 0.2) is 29.1 Å². The summed E-state index contributed by atoms with van der Waals surface area (Å²) in [7, 11) is 0. The molecular formula is C22H29N5O5. The maximum atomic E-state index is 13.1. The minimum absolute atomic E-state index is 0.0651. The second-order valence-corrected chi connectivity index (χ2v) is 8.02. The van der Waals surface area contributed by atoms with Crippen LogP contribution >= 0.6 is 0 Å². The van der Waals surface area contributed by atoms with Gasteiger partial charge in [0.15, 0.2) is 0 Å². The lowest BCUT2D eigenvalue weighted by molar-refractivity contribution is -0.139. The Morgan fingerprint density at radius 2 is 1.72 bits per heavy atom. The standard InChI is InChI=1S/C22H29N5O5/c1-4-32-22(31)27-11-9-26(10-12-27)21(30)19(14(2)3)23-18(28)13-17-15-7-5-6-8-16(15)20(29)25-24-17/h5-8,14,19H,4,9-13H2,1-3H3,(H,23,28)(H,25,29). The first kappa shape index (κ1) is 23.2. The highest BCUT2D eigenvalue weighted by molar-refractivity contribution is 5.91. The van der Waals surface area contributed by atoms with Gasteiger partial charge in [0.1, 0.15) is 6.04 Å². The van der Waals surface area contributed by atoms with Crippen molar-refractivity contribution in [2.24, 2.45) is 5.92 Å². The molecule has 0 radical (unpaired) electrons. The van der Waals surface area contributed by atoms with Gasteiger partial charge in [-0.1, -0.05) is 32.0 Å². The third kappa shape index (κ3) is 5.24. The molecule has 1 aromatic heterocycles. The van der Waals surface area contributed by atoms with Crippen LogP contribution in [0.1, 0.15) is 26.5 Å². The molecule has 1 atom stereocenters. The normalized spacial score (nSPS) is 15.0. The number of aromatic nitrogens is 2. The lowest BCUT2D eigenvalue weighted by atomic mass is 10.0. The molecule has 1 aromatic carbocycles. The van der Waals surface area contributed by atoms with Crippen LogP contribution in [-0.4, -0.2) is 76.7 Å². The second kappa shape index (κ2) is 10.3. The Bertz CT molecular complexity index is 1040. The molecule has 3 rings (SSSR count). The Labute approximate surface area is 185 Å². The van der Waals surface area contributed by atoms with Crippen LogP contribution in [0.4, 0.5) is 4.79 Å². The fourth-order valence-electron chi connectivity index (χ4n) is 3.72. The van der Waals surface area contributed by atoms with Gasteiger partial charge in [0.25, 0.3) is 5.56 Å². The van der Waals surface area contributed by atoms with Crippen molar-refractivity contribution < 1.29 is 19.1 Å². The third-order valence-corrected chi connectivity index (χ3v) is 5.47. The number of hydrogen-bond donors (Lipinski definition) is 2. The van der Waals surface area contributed by atoms with E-state index in [2.05, 4.69) is 15.5 Å². The molecular weight excluding hydrogens is 414 g/mol. The van der Waals surface area contributed by atoms with Crippen molar-refractivity contribution in [1.29, 1.82) is 0 Å². The van der Waals surface area contributed by atoms with Gasteiger partial charge in [-0.05, 0) is 18.9 Å². The smallest absolute Gasteiger partial charge is 0.409 e. The van der Waals surface area contributed by atoms with Gasteiger partial charge < -0.3 is 19.9 Å². The third-order valence-electron chi connectivity index (χ3n) is 5.47. The number of aromatic amines is 1. The molecule has 1 unspecified atom stereocenters. The number of carbonyl (C=O) groups excluding carboxylic acids is 3. The molecule has 10 heteroatoms. The number of nitrogens with zero attached hydrogens (tertiary/aromatic N) is 3. The molecule has 2 N–H and O–H groups in total. The minimum Gasteiger partial charge on any atom is -0.450 e. The molecule has 0 spiro atoms. The van der Waals surface area contributed by atoms with Crippen LogP contribution in [0.25, 0.3) is 10.8 Å². The summed E-state index contributed by atoms with van der Waals surface area (Å²) in [4.78, 5) is 52.9. The molecule has 2 heterocycles. The van der Waals surface area contributed by atoms with Crippen molar-refractivity contribution in [3.63, 3.8) is 0 Å². The fraction of sp³-hybridized carbons (Fsp3) is 0.500. The molecule has 3 amide bonds. The van der Waals surface area contributed by atoms with E-state index in [1.54, 1.807) is 41.0 Å². The van der Waals surface area contributed by atoms with E-state index in [0.29, 0.717) is 49.3 Å². The summed E-state index contributed by atoms with van der Waals surface area (Å²) < 4.78 is 5.01. The lowest BCUT2D eigenvalue weighted by Gasteiger charge is -2.36. The molecule has 172 valence electrons. The molecule has 1 aliphatic heterocycles. The summed E-state index contributed by atoms with van der Waals surface area (Å²) >= 11 is 0. The van der Waals surface area contributed by atoms with Crippen LogP contribution in [0, 0.1) is 5.92 Å². The topological polar surface area (TPSA) is 125 Å². The number of ether oxygens (including phenoxy) is 1. The predicted octanol–water partition coefficient (Wildman–Crippen LogP) is 0.907. The van der Waals surface area contributed by atoms with Crippen molar-refractivity contribution in [3.05, 3.63) is 40.3 Å². The van der Waals surface area contributed by atoms with Crippen LogP contribution in [0.2, 0.25) is 0 Å². The minimum atomic E-state index is -0.703. The fourth-order valence-corrected chi connectivity index (χ4v) is 3.72. The molecule has 1 aliphatic rings. The maximum absolute atomic E-state index is 13.1. The van der Waals surface area contributed by atoms with E-state index < -0.39 is 6.04 Å². The number of hydrogen-bond acceptors (Lipinski definition) is 6. The lowest BCUT2D eigenvalue weighted by Crippen LogP contribution is -2.57. The van der Waals surface area contributed by atoms with Gasteiger partial charge in [-0.15, -0.1) is 0 Å². The first-order chi connectivity index (χ1) is 15.3. The first-order valence-electron chi connectivity index (χ1n) is 10.8. The highest BCUT2D eigenvalue weighted by Gasteiger charge is 2.32. The van der Waals surface area contributed by atoms with E-state index in [1.807, 2.05) is 13.8 Å². The van der Waals surface area contributed by atoms with Crippen LogP contribution in [0.3, 0.4) is 0 Å². The molecule has 10 nitrogen and oxygen atoms in total. The average molecular weight is 444 g/mol. The molecule has 0 bridgehead atoms. The summed E-state index contributed by atoms with van der Waals surface area (Å²) in [5.74, 6) is -0.669. The zero-order valence-electron chi connectivity index (χ0n) is 18.6. The van der Waals surface area contributed by atoms with E-state index in [9.17, 15) is 19.2 Å². The van der Waals surface area contributed by atoms with Crippen molar-refractivity contribution in [2.45, 2.75) is 33.2 Å². The Morgan fingerprint density at radius 3 is 2.34 bits per heavy atom. The van der Waals surface area contributed by atoms with E-state index in [0.717, 1.165) is 0 Å². The van der Waals surface area contributed by atoms with Gasteiger partial charge >= 0.3 is 6.09 Å². The summed E-state index contributed by atoms with van der Waals surface area (Å²) in [6.07, 6.45) is -0.446. The number of benzene rings is 1. The molecule has 1 saturated heterocycles. The summed E-state index contributed by atoms with van der Waals surface area (Å²) in [5, 5.41) is 10.3. The van der Waals surface area contributed by atoms with Gasteiger partial charge in [-0.3, -0.25) is 14.4 Å². The molecule has 0 saturated carbocycles. The molecule has 1 fully saturated rings. The maximum Gasteiger partial charge on any atom is 0.409 e. The number of amides is 3. The van der Waals surface area contributed by atoms with Gasteiger partial charge in [0.05, 0.1) is 24.1 Å². The Balaban J connectivity index is 1.65. The Morgan fingerprint density at radius 1 is 1.09 bits per heavy atom. The van der Waals surface area contributed by atoms with Crippen molar-refractivity contribution in [1.82, 2.24) is 25.3 Å². The SMILES string of the molecule is CCOC(=O)N1CCN(C(=O)C(NC(=O)Cc2n[nH]c(=O)c3ccccc23)C(C)C)CC1. The number of fused-ring (bicyclic) bond motifs is 1. The zero-order valence-corrected chi connectivity index (χ0v) is 18.6. The summed E-state index contributed by atoms with van der Waals surface area (Å²) in [6.45, 7) is 7.31. The number of nitrogens with one attached hydrogen (secondary N) is 2. The number of piperazine rings is 1. The largest absolute Gasteiger partial charge is 0.450 e. The molecule has 32 heavy (non-hydrogen) atoms. The molecule has 0 aliphatic carbocycles. The zero-order chi connectivity index (χ0) is 23.3. The van der Waals surface area contributed by atoms with E-state index in [1.165, 1.54) is 0 Å². The van der Waals surface area contributed by atoms with Crippen LogP contribution in [-0.2, 0) is 20.7 Å². The Kier molecular flexibility index (Phi) is 7.45. The highest BCUT2D eigenvalue weighted by atomic mass is 16.6. The van der Waals surface area contributed by atoms with Crippen molar-refractivity contribution in [3.8, 4) is 0 Å². The van der Waals surface area contributed by atoms with E-state index >= 15 is 0 Å². The summed E-state index contributed by atoms with van der Waals surface area (Å²) in [5.41, 5.74) is 0.123. The van der Waals surface area contributed by atoms with Gasteiger partial charge in [-0.2, -0.15) is 5.10 Å². The number of rotatable bonds is 6. The van der Waals surface area contributed by atoms with E-state index in [-0.39, 0.29) is 35.8 Å². The molecule has 2 aromatic rings. The number of carbonyl (C=O) groups is 3. The van der Waals surface area contributed by atoms with E-state index in [4.69, 9.17) is 4.74 Å². The van der Waals surface area contributed by atoms with Gasteiger partial charge in [0.2, 0.25) is 11.8 Å². The number of H-pyrrole nitrogens is 1. The quantitative estimate of drug-likeness (QED) is 0.684. The predicted molar refractivity (Wildman–Crippen MR) is 118 cm³/mol. The Hall–Kier alpha value is -3.43. The van der Waals surface area contributed by atoms with Crippen LogP contribution < -0.4 is 10.9 Å². The van der Waals surface area contributed by atoms with Crippen molar-refractivity contribution >= 4 is 28.7 Å². The van der Waals surface area contributed by atoms with Gasteiger partial charge in [-0.25, -0.2) is 9.89 Å². The monoisotopic (exact) mass is 443 g/mol. The van der Waals surface area contributed by atoms with Crippen molar-refractivity contribution in [2.75, 3.05) is 32.8 Å². The first-order valence-corrected chi connectivity index (χ1v) is 10.8. The summed E-state index contributed by atoms with van der Waals surface area (Å²) in [6, 6.07) is 6.24. The van der Waals surface area contributed by atoms with Crippen LogP contribution in [0.5, 0.6) is 0 Å². The second-order valence-electron chi connectivity index (χ2n) is 8.02. The average Bonchev–Trinajstić information content (AvgIpc) is 2.79.